The van der Waals surface area contributed by atoms with Gasteiger partial charge in [-0.2, -0.15) is 4.98 Å². The van der Waals surface area contributed by atoms with Crippen LogP contribution in [-0.4, -0.2) is 15.9 Å². The molecule has 1 heterocycles. The summed E-state index contributed by atoms with van der Waals surface area (Å²) in [4.78, 5) is 16.3. The SMILES string of the molecule is O=C1CCCC1c1nc(-c2cccc3ccccc23)no1. The summed E-state index contributed by atoms with van der Waals surface area (Å²) in [6, 6.07) is 14.1. The molecule has 1 saturated carbocycles. The summed E-state index contributed by atoms with van der Waals surface area (Å²) in [5, 5.41) is 6.30. The third-order valence-electron chi connectivity index (χ3n) is 4.08. The second-order valence-electron chi connectivity index (χ2n) is 5.39. The van der Waals surface area contributed by atoms with E-state index in [-0.39, 0.29) is 11.7 Å². The highest BCUT2D eigenvalue weighted by Crippen LogP contribution is 2.32. The molecule has 1 unspecified atom stereocenters. The molecule has 0 amide bonds. The Morgan fingerprint density at radius 1 is 1.10 bits per heavy atom. The highest BCUT2D eigenvalue weighted by Gasteiger charge is 2.31. The minimum atomic E-state index is -0.207. The molecule has 1 fully saturated rings. The first-order chi connectivity index (χ1) is 10.3. The van der Waals surface area contributed by atoms with E-state index in [9.17, 15) is 4.79 Å². The van der Waals surface area contributed by atoms with Crippen LogP contribution in [0.1, 0.15) is 31.1 Å². The number of Topliss-reactive ketones (excluding diaryl/α,β-unsaturated/α-hetero) is 1. The normalized spacial score (nSPS) is 18.5. The van der Waals surface area contributed by atoms with Crippen molar-refractivity contribution in [2.45, 2.75) is 25.2 Å². The summed E-state index contributed by atoms with van der Waals surface area (Å²) in [6.07, 6.45) is 2.35. The van der Waals surface area contributed by atoms with Gasteiger partial charge in [0.1, 0.15) is 5.78 Å². The molecule has 0 aliphatic heterocycles. The second-order valence-corrected chi connectivity index (χ2v) is 5.39. The van der Waals surface area contributed by atoms with E-state index in [2.05, 4.69) is 22.3 Å². The molecule has 4 heteroatoms. The molecular weight excluding hydrogens is 264 g/mol. The molecule has 3 aromatic rings. The van der Waals surface area contributed by atoms with Gasteiger partial charge in [-0.25, -0.2) is 0 Å². The molecule has 1 atom stereocenters. The predicted octanol–water partition coefficient (Wildman–Crippen LogP) is 3.73. The largest absolute Gasteiger partial charge is 0.338 e. The zero-order valence-corrected chi connectivity index (χ0v) is 11.5. The van der Waals surface area contributed by atoms with Crippen LogP contribution in [0, 0.1) is 0 Å². The van der Waals surface area contributed by atoms with E-state index in [1.807, 2.05) is 30.3 Å². The van der Waals surface area contributed by atoms with E-state index in [4.69, 9.17) is 4.52 Å². The van der Waals surface area contributed by atoms with Crippen LogP contribution in [-0.2, 0) is 4.79 Å². The van der Waals surface area contributed by atoms with Crippen LogP contribution in [0.25, 0.3) is 22.2 Å². The first-order valence-corrected chi connectivity index (χ1v) is 7.17. The summed E-state index contributed by atoms with van der Waals surface area (Å²) in [6.45, 7) is 0. The van der Waals surface area contributed by atoms with Gasteiger partial charge in [-0.3, -0.25) is 4.79 Å². The van der Waals surface area contributed by atoms with Gasteiger partial charge in [-0.15, -0.1) is 0 Å². The molecule has 1 aliphatic rings. The molecule has 104 valence electrons. The van der Waals surface area contributed by atoms with Crippen molar-refractivity contribution in [3.63, 3.8) is 0 Å². The Kier molecular flexibility index (Phi) is 2.81. The minimum absolute atomic E-state index is 0.207. The maximum Gasteiger partial charge on any atom is 0.237 e. The van der Waals surface area contributed by atoms with Gasteiger partial charge < -0.3 is 4.52 Å². The van der Waals surface area contributed by atoms with E-state index in [1.54, 1.807) is 0 Å². The zero-order chi connectivity index (χ0) is 14.2. The van der Waals surface area contributed by atoms with E-state index < -0.39 is 0 Å². The Morgan fingerprint density at radius 2 is 1.95 bits per heavy atom. The smallest absolute Gasteiger partial charge is 0.237 e. The van der Waals surface area contributed by atoms with Gasteiger partial charge in [0.15, 0.2) is 0 Å². The standard InChI is InChI=1S/C17H14N2O2/c20-15-10-4-9-14(15)17-18-16(19-21-17)13-8-3-6-11-5-1-2-7-12(11)13/h1-3,5-8,14H,4,9-10H2. The van der Waals surface area contributed by atoms with Gasteiger partial charge in [0.25, 0.3) is 0 Å². The van der Waals surface area contributed by atoms with Crippen molar-refractivity contribution >= 4 is 16.6 Å². The van der Waals surface area contributed by atoms with Crippen LogP contribution in [0.4, 0.5) is 0 Å². The number of carbonyl (C=O) groups is 1. The first kappa shape index (κ1) is 12.3. The van der Waals surface area contributed by atoms with Gasteiger partial charge in [0.2, 0.25) is 11.7 Å². The van der Waals surface area contributed by atoms with Gasteiger partial charge in [0, 0.05) is 12.0 Å². The number of hydrogen-bond donors (Lipinski definition) is 0. The quantitative estimate of drug-likeness (QED) is 0.716. The fourth-order valence-electron chi connectivity index (χ4n) is 2.98. The van der Waals surface area contributed by atoms with Crippen LogP contribution in [0.2, 0.25) is 0 Å². The maximum atomic E-state index is 11.8. The number of benzene rings is 2. The molecule has 0 N–H and O–H groups in total. The maximum absolute atomic E-state index is 11.8. The van der Waals surface area contributed by atoms with Gasteiger partial charge in [-0.05, 0) is 23.6 Å². The average molecular weight is 278 g/mol. The predicted molar refractivity (Wildman–Crippen MR) is 78.8 cm³/mol. The van der Waals surface area contributed by atoms with E-state index in [0.717, 1.165) is 29.2 Å². The Balaban J connectivity index is 1.79. The third-order valence-corrected chi connectivity index (χ3v) is 4.08. The van der Waals surface area contributed by atoms with Crippen molar-refractivity contribution in [3.05, 3.63) is 48.4 Å². The van der Waals surface area contributed by atoms with Crippen molar-refractivity contribution in [1.82, 2.24) is 10.1 Å². The van der Waals surface area contributed by atoms with E-state index >= 15 is 0 Å². The lowest BCUT2D eigenvalue weighted by Crippen LogP contribution is -2.04. The fraction of sp³-hybridized carbons (Fsp3) is 0.235. The lowest BCUT2D eigenvalue weighted by atomic mass is 10.0. The topological polar surface area (TPSA) is 56.0 Å². The molecule has 1 aliphatic carbocycles. The monoisotopic (exact) mass is 278 g/mol. The number of rotatable bonds is 2. The van der Waals surface area contributed by atoms with Crippen molar-refractivity contribution in [2.24, 2.45) is 0 Å². The number of fused-ring (bicyclic) bond motifs is 1. The van der Waals surface area contributed by atoms with Crippen molar-refractivity contribution in [3.8, 4) is 11.4 Å². The van der Waals surface area contributed by atoms with Crippen LogP contribution >= 0.6 is 0 Å². The molecule has 21 heavy (non-hydrogen) atoms. The molecule has 0 saturated heterocycles. The van der Waals surface area contributed by atoms with Crippen LogP contribution in [0.3, 0.4) is 0 Å². The Morgan fingerprint density at radius 3 is 2.81 bits per heavy atom. The molecular formula is C17H14N2O2. The van der Waals surface area contributed by atoms with Crippen molar-refractivity contribution in [1.29, 1.82) is 0 Å². The van der Waals surface area contributed by atoms with Crippen LogP contribution < -0.4 is 0 Å². The average Bonchev–Trinajstić information content (AvgIpc) is 3.15. The van der Waals surface area contributed by atoms with Gasteiger partial charge >= 0.3 is 0 Å². The number of nitrogens with zero attached hydrogens (tertiary/aromatic N) is 2. The number of carbonyl (C=O) groups excluding carboxylic acids is 1. The molecule has 4 nitrogen and oxygen atoms in total. The minimum Gasteiger partial charge on any atom is -0.338 e. The molecule has 0 radical (unpaired) electrons. The van der Waals surface area contributed by atoms with Gasteiger partial charge in [0.05, 0.1) is 5.92 Å². The molecule has 4 rings (SSSR count). The Bertz CT molecular complexity index is 817. The lowest BCUT2D eigenvalue weighted by molar-refractivity contribution is -0.119. The highest BCUT2D eigenvalue weighted by molar-refractivity contribution is 5.95. The second kappa shape index (κ2) is 4.81. The number of ketones is 1. The first-order valence-electron chi connectivity index (χ1n) is 7.17. The summed E-state index contributed by atoms with van der Waals surface area (Å²) in [5.74, 6) is 1.02. The summed E-state index contributed by atoms with van der Waals surface area (Å²) < 4.78 is 5.34. The molecule has 1 aromatic heterocycles. The third kappa shape index (κ3) is 2.03. The summed E-state index contributed by atoms with van der Waals surface area (Å²) in [5.41, 5.74) is 0.938. The summed E-state index contributed by atoms with van der Waals surface area (Å²) in [7, 11) is 0. The lowest BCUT2D eigenvalue weighted by Gasteiger charge is -2.02. The van der Waals surface area contributed by atoms with Crippen molar-refractivity contribution in [2.75, 3.05) is 0 Å². The van der Waals surface area contributed by atoms with Crippen LogP contribution in [0.15, 0.2) is 47.0 Å². The Labute approximate surface area is 121 Å². The number of hydrogen-bond acceptors (Lipinski definition) is 4. The number of aromatic nitrogens is 2. The highest BCUT2D eigenvalue weighted by atomic mass is 16.5. The van der Waals surface area contributed by atoms with Crippen LogP contribution in [0.5, 0.6) is 0 Å². The molecule has 0 bridgehead atoms. The molecule has 2 aromatic carbocycles. The summed E-state index contributed by atoms with van der Waals surface area (Å²) >= 11 is 0. The zero-order valence-electron chi connectivity index (χ0n) is 11.5. The van der Waals surface area contributed by atoms with E-state index in [0.29, 0.717) is 18.1 Å². The van der Waals surface area contributed by atoms with Crippen molar-refractivity contribution < 1.29 is 9.32 Å². The van der Waals surface area contributed by atoms with E-state index in [1.165, 1.54) is 0 Å². The fourth-order valence-corrected chi connectivity index (χ4v) is 2.98. The van der Waals surface area contributed by atoms with Gasteiger partial charge in [-0.1, -0.05) is 47.6 Å². The Hall–Kier alpha value is -2.49. The molecule has 0 spiro atoms.